The molecule has 0 aliphatic carbocycles. The summed E-state index contributed by atoms with van der Waals surface area (Å²) < 4.78 is 4.77. The molecule has 0 spiro atoms. The fourth-order valence-corrected chi connectivity index (χ4v) is 1.93. The van der Waals surface area contributed by atoms with Gasteiger partial charge in [0.1, 0.15) is 6.61 Å². The van der Waals surface area contributed by atoms with Crippen LogP contribution < -0.4 is 4.84 Å². The number of alkyl halides is 1. The minimum atomic E-state index is -0.653. The number of ether oxygens (including phenoxy) is 1. The summed E-state index contributed by atoms with van der Waals surface area (Å²) in [7, 11) is 1.45. The molecule has 1 aromatic heterocycles. The van der Waals surface area contributed by atoms with E-state index in [-0.39, 0.29) is 12.5 Å². The summed E-state index contributed by atoms with van der Waals surface area (Å²) in [5.74, 6) is 0.294. The number of methoxy groups -OCH3 is 1. The molecule has 17 heavy (non-hydrogen) atoms. The standard InChI is InChI=1S/C11H13ClN2O3/c1-6-7(2)13-4-8-10(6)17-14(11(8)12)9(15)5-16-3/h4,11H,5H2,1-3H3. The van der Waals surface area contributed by atoms with Gasteiger partial charge in [-0.15, -0.1) is 0 Å². The molecule has 0 bridgehead atoms. The molecule has 1 aliphatic rings. The average molecular weight is 257 g/mol. The van der Waals surface area contributed by atoms with E-state index >= 15 is 0 Å². The van der Waals surface area contributed by atoms with Crippen LogP contribution in [0.3, 0.4) is 0 Å². The van der Waals surface area contributed by atoms with Crippen molar-refractivity contribution in [1.29, 1.82) is 0 Å². The maximum Gasteiger partial charge on any atom is 0.282 e. The number of hydrogen-bond acceptors (Lipinski definition) is 4. The Morgan fingerprint density at radius 3 is 3.00 bits per heavy atom. The molecular formula is C11H13ClN2O3. The van der Waals surface area contributed by atoms with Gasteiger partial charge in [-0.2, -0.15) is 5.06 Å². The Morgan fingerprint density at radius 2 is 2.35 bits per heavy atom. The Labute approximate surface area is 104 Å². The zero-order valence-electron chi connectivity index (χ0n) is 9.86. The second kappa shape index (κ2) is 4.50. The van der Waals surface area contributed by atoms with Crippen LogP contribution in [0, 0.1) is 13.8 Å². The Balaban J connectivity index is 2.32. The van der Waals surface area contributed by atoms with Crippen LogP contribution in [-0.4, -0.2) is 29.7 Å². The lowest BCUT2D eigenvalue weighted by atomic mass is 10.1. The van der Waals surface area contributed by atoms with Crippen molar-refractivity contribution in [3.05, 3.63) is 23.0 Å². The molecule has 0 radical (unpaired) electrons. The van der Waals surface area contributed by atoms with Gasteiger partial charge in [-0.25, -0.2) is 0 Å². The molecule has 0 fully saturated rings. The number of carbonyl (C=O) groups excluding carboxylic acids is 1. The fraction of sp³-hybridized carbons (Fsp3) is 0.455. The number of hydroxylamine groups is 2. The van der Waals surface area contributed by atoms with Crippen molar-refractivity contribution in [2.75, 3.05) is 13.7 Å². The molecule has 0 aromatic carbocycles. The zero-order chi connectivity index (χ0) is 12.6. The maximum atomic E-state index is 11.7. The smallest absolute Gasteiger partial charge is 0.282 e. The van der Waals surface area contributed by atoms with E-state index in [0.29, 0.717) is 11.3 Å². The lowest BCUT2D eigenvalue weighted by Gasteiger charge is -2.17. The van der Waals surface area contributed by atoms with Gasteiger partial charge in [0, 0.05) is 24.6 Å². The minimum Gasteiger partial charge on any atom is -0.375 e. The highest BCUT2D eigenvalue weighted by Gasteiger charge is 2.36. The third-order valence-corrected chi connectivity index (χ3v) is 3.12. The number of pyridine rings is 1. The number of nitrogens with zero attached hydrogens (tertiary/aromatic N) is 2. The third-order valence-electron chi connectivity index (χ3n) is 2.71. The summed E-state index contributed by atoms with van der Waals surface area (Å²) in [4.78, 5) is 21.4. The second-order valence-corrected chi connectivity index (χ2v) is 4.25. The number of rotatable bonds is 2. The Bertz CT molecular complexity index is 464. The number of carbonyl (C=O) groups is 1. The fourth-order valence-electron chi connectivity index (χ4n) is 1.63. The van der Waals surface area contributed by atoms with Crippen LogP contribution in [0.15, 0.2) is 6.20 Å². The van der Waals surface area contributed by atoms with E-state index in [1.54, 1.807) is 6.20 Å². The quantitative estimate of drug-likeness (QED) is 0.597. The Hall–Kier alpha value is -1.33. The van der Waals surface area contributed by atoms with Gasteiger partial charge in [-0.3, -0.25) is 9.78 Å². The largest absolute Gasteiger partial charge is 0.375 e. The van der Waals surface area contributed by atoms with Gasteiger partial charge in [0.05, 0.1) is 5.56 Å². The average Bonchev–Trinajstić information content (AvgIpc) is 2.63. The summed E-state index contributed by atoms with van der Waals surface area (Å²) in [6.45, 7) is 3.69. The van der Waals surface area contributed by atoms with Crippen molar-refractivity contribution >= 4 is 17.5 Å². The van der Waals surface area contributed by atoms with E-state index in [0.717, 1.165) is 16.3 Å². The highest BCUT2D eigenvalue weighted by Crippen LogP contribution is 2.42. The molecule has 0 saturated heterocycles. The van der Waals surface area contributed by atoms with Crippen LogP contribution >= 0.6 is 11.6 Å². The number of amides is 1. The van der Waals surface area contributed by atoms with Crippen LogP contribution in [0.25, 0.3) is 0 Å². The summed E-state index contributed by atoms with van der Waals surface area (Å²) >= 11 is 6.15. The molecule has 6 heteroatoms. The first kappa shape index (κ1) is 12.1. The van der Waals surface area contributed by atoms with Gasteiger partial charge in [0.2, 0.25) is 0 Å². The van der Waals surface area contributed by atoms with Crippen molar-refractivity contribution in [3.63, 3.8) is 0 Å². The molecule has 92 valence electrons. The topological polar surface area (TPSA) is 51.7 Å². The van der Waals surface area contributed by atoms with E-state index in [9.17, 15) is 4.79 Å². The van der Waals surface area contributed by atoms with E-state index < -0.39 is 5.50 Å². The van der Waals surface area contributed by atoms with Crippen molar-refractivity contribution in [3.8, 4) is 5.75 Å². The van der Waals surface area contributed by atoms with E-state index in [4.69, 9.17) is 21.2 Å². The molecule has 1 amide bonds. The first-order valence-corrected chi connectivity index (χ1v) is 5.59. The summed E-state index contributed by atoms with van der Waals surface area (Å²) in [5.41, 5.74) is 1.80. The van der Waals surface area contributed by atoms with Crippen molar-refractivity contribution in [2.24, 2.45) is 0 Å². The number of fused-ring (bicyclic) bond motifs is 1. The number of hydrogen-bond donors (Lipinski definition) is 0. The van der Waals surface area contributed by atoms with Gasteiger partial charge in [0.15, 0.2) is 11.3 Å². The van der Waals surface area contributed by atoms with E-state index in [1.807, 2.05) is 13.8 Å². The minimum absolute atomic E-state index is 0.0668. The lowest BCUT2D eigenvalue weighted by Crippen LogP contribution is -2.33. The monoisotopic (exact) mass is 256 g/mol. The normalized spacial score (nSPS) is 17.9. The molecular weight excluding hydrogens is 244 g/mol. The van der Waals surface area contributed by atoms with Crippen LogP contribution in [0.1, 0.15) is 22.3 Å². The van der Waals surface area contributed by atoms with Crippen molar-refractivity contribution in [2.45, 2.75) is 19.3 Å². The number of aromatic nitrogens is 1. The SMILES string of the molecule is COCC(=O)N1Oc2c(cnc(C)c2C)C1Cl. The first-order chi connectivity index (χ1) is 8.06. The second-order valence-electron chi connectivity index (χ2n) is 3.83. The molecule has 1 unspecified atom stereocenters. The van der Waals surface area contributed by atoms with Crippen molar-refractivity contribution in [1.82, 2.24) is 10.0 Å². The zero-order valence-corrected chi connectivity index (χ0v) is 10.6. The molecule has 1 atom stereocenters. The van der Waals surface area contributed by atoms with Crippen LogP contribution in [0.5, 0.6) is 5.75 Å². The maximum absolute atomic E-state index is 11.7. The van der Waals surface area contributed by atoms with Gasteiger partial charge in [-0.05, 0) is 13.8 Å². The molecule has 2 rings (SSSR count). The van der Waals surface area contributed by atoms with E-state index in [1.165, 1.54) is 7.11 Å². The highest BCUT2D eigenvalue weighted by molar-refractivity contribution is 6.21. The Kier molecular flexibility index (Phi) is 3.22. The summed E-state index contributed by atoms with van der Waals surface area (Å²) in [6.07, 6.45) is 1.63. The third kappa shape index (κ3) is 1.96. The Morgan fingerprint density at radius 1 is 1.65 bits per heavy atom. The number of aryl methyl sites for hydroxylation is 1. The van der Waals surface area contributed by atoms with Crippen LogP contribution in [0.2, 0.25) is 0 Å². The van der Waals surface area contributed by atoms with Gasteiger partial charge < -0.3 is 9.57 Å². The van der Waals surface area contributed by atoms with E-state index in [2.05, 4.69) is 4.98 Å². The predicted octanol–water partition coefficient (Wildman–Crippen LogP) is 1.72. The van der Waals surface area contributed by atoms with Crippen LogP contribution in [0.4, 0.5) is 0 Å². The van der Waals surface area contributed by atoms with Gasteiger partial charge in [-0.1, -0.05) is 11.6 Å². The summed E-state index contributed by atoms with van der Waals surface area (Å²) in [6, 6.07) is 0. The van der Waals surface area contributed by atoms with Crippen LogP contribution in [-0.2, 0) is 9.53 Å². The molecule has 2 heterocycles. The number of halogens is 1. The molecule has 5 nitrogen and oxygen atoms in total. The van der Waals surface area contributed by atoms with Gasteiger partial charge >= 0.3 is 0 Å². The highest BCUT2D eigenvalue weighted by atomic mass is 35.5. The molecule has 1 aliphatic heterocycles. The molecule has 0 N–H and O–H groups in total. The lowest BCUT2D eigenvalue weighted by molar-refractivity contribution is -0.160. The molecule has 0 saturated carbocycles. The first-order valence-electron chi connectivity index (χ1n) is 5.15. The van der Waals surface area contributed by atoms with Crippen molar-refractivity contribution < 1.29 is 14.4 Å². The predicted molar refractivity (Wildman–Crippen MR) is 61.7 cm³/mol. The summed E-state index contributed by atoms with van der Waals surface area (Å²) in [5, 5.41) is 1.11. The van der Waals surface area contributed by atoms with Gasteiger partial charge in [0.25, 0.3) is 5.91 Å². The molecule has 1 aromatic rings.